The summed E-state index contributed by atoms with van der Waals surface area (Å²) in [6.45, 7) is 4.27. The normalized spacial score (nSPS) is 16.3. The SMILES string of the molecule is Cc1cccc(C)c1-c1nc(C2CCCCC2)n(C)c1N. The summed E-state index contributed by atoms with van der Waals surface area (Å²) in [5.74, 6) is 2.54. The van der Waals surface area contributed by atoms with Crippen molar-refractivity contribution in [3.05, 3.63) is 35.2 Å². The highest BCUT2D eigenvalue weighted by Crippen LogP contribution is 2.37. The zero-order valence-electron chi connectivity index (χ0n) is 13.3. The van der Waals surface area contributed by atoms with Gasteiger partial charge in [0.2, 0.25) is 0 Å². The van der Waals surface area contributed by atoms with Crippen molar-refractivity contribution in [2.45, 2.75) is 51.9 Å². The second-order valence-corrected chi connectivity index (χ2v) is 6.36. The van der Waals surface area contributed by atoms with Crippen molar-refractivity contribution in [1.82, 2.24) is 9.55 Å². The summed E-state index contributed by atoms with van der Waals surface area (Å²) < 4.78 is 2.11. The molecule has 0 radical (unpaired) electrons. The molecule has 3 heteroatoms. The molecule has 1 aliphatic carbocycles. The topological polar surface area (TPSA) is 43.8 Å². The quantitative estimate of drug-likeness (QED) is 0.891. The van der Waals surface area contributed by atoms with E-state index in [0.717, 1.165) is 11.5 Å². The Kier molecular flexibility index (Phi) is 3.75. The maximum Gasteiger partial charge on any atom is 0.131 e. The molecule has 1 fully saturated rings. The van der Waals surface area contributed by atoms with Crippen LogP contribution in [0.3, 0.4) is 0 Å². The molecule has 2 aromatic rings. The maximum absolute atomic E-state index is 6.38. The number of aromatic nitrogens is 2. The number of benzene rings is 1. The zero-order valence-corrected chi connectivity index (χ0v) is 13.3. The van der Waals surface area contributed by atoms with Crippen LogP contribution in [0.15, 0.2) is 18.2 Å². The van der Waals surface area contributed by atoms with E-state index < -0.39 is 0 Å². The average Bonchev–Trinajstić information content (AvgIpc) is 2.77. The van der Waals surface area contributed by atoms with Crippen molar-refractivity contribution < 1.29 is 0 Å². The molecule has 0 saturated heterocycles. The van der Waals surface area contributed by atoms with Gasteiger partial charge in [-0.15, -0.1) is 0 Å². The molecular formula is C18H25N3. The molecule has 1 saturated carbocycles. The Morgan fingerprint density at radius 3 is 2.33 bits per heavy atom. The molecule has 0 aliphatic heterocycles. The minimum Gasteiger partial charge on any atom is -0.383 e. The van der Waals surface area contributed by atoms with Gasteiger partial charge in [0.1, 0.15) is 17.3 Å². The Morgan fingerprint density at radius 1 is 1.10 bits per heavy atom. The minimum atomic E-state index is 0.573. The Bertz CT molecular complexity index is 628. The summed E-state index contributed by atoms with van der Waals surface area (Å²) in [4.78, 5) is 4.96. The number of nitrogens with two attached hydrogens (primary N) is 1. The fourth-order valence-corrected chi connectivity index (χ4v) is 3.63. The maximum atomic E-state index is 6.38. The molecular weight excluding hydrogens is 258 g/mol. The van der Waals surface area contributed by atoms with Gasteiger partial charge in [0.15, 0.2) is 0 Å². The highest BCUT2D eigenvalue weighted by molar-refractivity contribution is 5.76. The van der Waals surface area contributed by atoms with Crippen molar-refractivity contribution in [2.75, 3.05) is 5.73 Å². The number of aryl methyl sites for hydroxylation is 2. The summed E-state index contributed by atoms with van der Waals surface area (Å²) in [7, 11) is 2.06. The van der Waals surface area contributed by atoms with Crippen LogP contribution in [0.2, 0.25) is 0 Å². The molecule has 21 heavy (non-hydrogen) atoms. The van der Waals surface area contributed by atoms with Gasteiger partial charge < -0.3 is 10.3 Å². The molecule has 2 N–H and O–H groups in total. The van der Waals surface area contributed by atoms with E-state index in [0.29, 0.717) is 5.92 Å². The van der Waals surface area contributed by atoms with E-state index in [1.165, 1.54) is 54.6 Å². The van der Waals surface area contributed by atoms with Crippen LogP contribution >= 0.6 is 0 Å². The number of rotatable bonds is 2. The van der Waals surface area contributed by atoms with E-state index in [9.17, 15) is 0 Å². The zero-order chi connectivity index (χ0) is 15.0. The van der Waals surface area contributed by atoms with Crippen LogP contribution in [0.25, 0.3) is 11.3 Å². The Balaban J connectivity index is 2.08. The van der Waals surface area contributed by atoms with E-state index in [4.69, 9.17) is 10.7 Å². The standard InChI is InChI=1S/C18H25N3/c1-12-8-7-9-13(2)15(12)16-17(19)21(3)18(20-16)14-10-5-4-6-11-14/h7-9,14H,4-6,10-11,19H2,1-3H3. The Morgan fingerprint density at radius 2 is 1.71 bits per heavy atom. The third-order valence-corrected chi connectivity index (χ3v) is 4.86. The number of nitrogen functional groups attached to an aromatic ring is 1. The fraction of sp³-hybridized carbons (Fsp3) is 0.500. The fourth-order valence-electron chi connectivity index (χ4n) is 3.63. The summed E-state index contributed by atoms with van der Waals surface area (Å²) >= 11 is 0. The Labute approximate surface area is 127 Å². The largest absolute Gasteiger partial charge is 0.383 e. The smallest absolute Gasteiger partial charge is 0.131 e. The van der Waals surface area contributed by atoms with E-state index in [2.05, 4.69) is 43.7 Å². The second-order valence-electron chi connectivity index (χ2n) is 6.36. The number of hydrogen-bond donors (Lipinski definition) is 1. The molecule has 3 nitrogen and oxygen atoms in total. The molecule has 0 atom stereocenters. The van der Waals surface area contributed by atoms with Crippen LogP contribution < -0.4 is 5.73 Å². The lowest BCUT2D eigenvalue weighted by Gasteiger charge is -2.21. The first-order valence-electron chi connectivity index (χ1n) is 7.98. The molecule has 1 aromatic carbocycles. The number of imidazole rings is 1. The van der Waals surface area contributed by atoms with Gasteiger partial charge in [-0.1, -0.05) is 37.5 Å². The van der Waals surface area contributed by atoms with Crippen molar-refractivity contribution in [1.29, 1.82) is 0 Å². The number of anilines is 1. The molecule has 112 valence electrons. The first-order valence-corrected chi connectivity index (χ1v) is 7.98. The van der Waals surface area contributed by atoms with E-state index in [-0.39, 0.29) is 0 Å². The van der Waals surface area contributed by atoms with E-state index in [1.54, 1.807) is 0 Å². The molecule has 0 unspecified atom stereocenters. The van der Waals surface area contributed by atoms with Crippen LogP contribution in [0.5, 0.6) is 0 Å². The van der Waals surface area contributed by atoms with Crippen LogP contribution in [-0.4, -0.2) is 9.55 Å². The highest BCUT2D eigenvalue weighted by atomic mass is 15.1. The number of hydrogen-bond acceptors (Lipinski definition) is 2. The van der Waals surface area contributed by atoms with Gasteiger partial charge in [-0.2, -0.15) is 0 Å². The van der Waals surface area contributed by atoms with Crippen LogP contribution in [0, 0.1) is 13.8 Å². The van der Waals surface area contributed by atoms with E-state index in [1.807, 2.05) is 0 Å². The van der Waals surface area contributed by atoms with Crippen molar-refractivity contribution in [2.24, 2.45) is 7.05 Å². The lowest BCUT2D eigenvalue weighted by atomic mass is 9.89. The first kappa shape index (κ1) is 14.2. The van der Waals surface area contributed by atoms with Crippen LogP contribution in [0.1, 0.15) is 55.0 Å². The first-order chi connectivity index (χ1) is 10.1. The van der Waals surface area contributed by atoms with Gasteiger partial charge in [0.05, 0.1) is 0 Å². The van der Waals surface area contributed by atoms with E-state index >= 15 is 0 Å². The van der Waals surface area contributed by atoms with Gasteiger partial charge in [-0.3, -0.25) is 0 Å². The molecule has 1 aliphatic rings. The van der Waals surface area contributed by atoms with Crippen molar-refractivity contribution in [3.63, 3.8) is 0 Å². The van der Waals surface area contributed by atoms with Crippen LogP contribution in [0.4, 0.5) is 5.82 Å². The molecule has 1 heterocycles. The summed E-state index contributed by atoms with van der Waals surface area (Å²) in [5.41, 5.74) is 11.0. The van der Waals surface area contributed by atoms with Crippen molar-refractivity contribution in [3.8, 4) is 11.3 Å². The summed E-state index contributed by atoms with van der Waals surface area (Å²) in [6, 6.07) is 6.36. The van der Waals surface area contributed by atoms with Crippen LogP contribution in [-0.2, 0) is 7.05 Å². The molecule has 0 bridgehead atoms. The Hall–Kier alpha value is -1.77. The second kappa shape index (κ2) is 5.55. The van der Waals surface area contributed by atoms with Gasteiger partial charge in [-0.25, -0.2) is 4.98 Å². The third kappa shape index (κ3) is 2.45. The number of nitrogens with zero attached hydrogens (tertiary/aromatic N) is 2. The predicted octanol–water partition coefficient (Wildman–Crippen LogP) is 4.33. The summed E-state index contributed by atoms with van der Waals surface area (Å²) in [5, 5.41) is 0. The van der Waals surface area contributed by atoms with Gasteiger partial charge in [0, 0.05) is 18.5 Å². The molecule has 0 amide bonds. The molecule has 0 spiro atoms. The molecule has 1 aromatic heterocycles. The van der Waals surface area contributed by atoms with Gasteiger partial charge in [-0.05, 0) is 37.8 Å². The monoisotopic (exact) mass is 283 g/mol. The van der Waals surface area contributed by atoms with Gasteiger partial charge >= 0.3 is 0 Å². The minimum absolute atomic E-state index is 0.573. The molecule has 3 rings (SSSR count). The average molecular weight is 283 g/mol. The van der Waals surface area contributed by atoms with Crippen molar-refractivity contribution >= 4 is 5.82 Å². The predicted molar refractivity (Wildman–Crippen MR) is 88.4 cm³/mol. The van der Waals surface area contributed by atoms with Gasteiger partial charge in [0.25, 0.3) is 0 Å². The third-order valence-electron chi connectivity index (χ3n) is 4.86. The lowest BCUT2D eigenvalue weighted by molar-refractivity contribution is 0.422. The lowest BCUT2D eigenvalue weighted by Crippen LogP contribution is -2.11. The highest BCUT2D eigenvalue weighted by Gasteiger charge is 2.24. The summed E-state index contributed by atoms with van der Waals surface area (Å²) in [6.07, 6.45) is 6.49.